The summed E-state index contributed by atoms with van der Waals surface area (Å²) in [7, 11) is 0. The van der Waals surface area contributed by atoms with Crippen molar-refractivity contribution in [1.82, 2.24) is 20.2 Å². The highest BCUT2D eigenvalue weighted by molar-refractivity contribution is 8.05. The summed E-state index contributed by atoms with van der Waals surface area (Å²) in [6.45, 7) is 1.14. The van der Waals surface area contributed by atoms with Crippen molar-refractivity contribution in [3.63, 3.8) is 0 Å². The predicted octanol–water partition coefficient (Wildman–Crippen LogP) is 4.27. The number of nitrogens with zero attached hydrogens (tertiary/aromatic N) is 4. The number of oxime groups is 1. The van der Waals surface area contributed by atoms with Gasteiger partial charge in [-0.05, 0) is 22.8 Å². The van der Waals surface area contributed by atoms with Crippen molar-refractivity contribution in [2.45, 2.75) is 30.2 Å². The predicted molar refractivity (Wildman–Crippen MR) is 183 cm³/mol. The Kier molecular flexibility index (Phi) is 10.2. The largest absolute Gasteiger partial charge is 0.448 e. The minimum Gasteiger partial charge on any atom is -0.448 e. The lowest BCUT2D eigenvalue weighted by molar-refractivity contribution is -0.154. The van der Waals surface area contributed by atoms with E-state index >= 15 is 0 Å². The van der Waals surface area contributed by atoms with Gasteiger partial charge in [-0.15, -0.1) is 34.9 Å². The third-order valence-corrected chi connectivity index (χ3v) is 10.5. The van der Waals surface area contributed by atoms with Crippen molar-refractivity contribution < 1.29 is 28.8 Å². The lowest BCUT2D eigenvalue weighted by Gasteiger charge is -2.49. The Bertz CT molecular complexity index is 1850. The minimum absolute atomic E-state index is 0.0855. The second kappa shape index (κ2) is 14.8. The van der Waals surface area contributed by atoms with Crippen LogP contribution in [0.25, 0.3) is 0 Å². The van der Waals surface area contributed by atoms with Crippen LogP contribution in [0.1, 0.15) is 35.4 Å². The van der Waals surface area contributed by atoms with Gasteiger partial charge in [0.25, 0.3) is 11.8 Å². The fraction of sp³-hybridized carbons (Fsp3) is 0.182. The first-order chi connectivity index (χ1) is 23.3. The molecular weight excluding hydrogens is 673 g/mol. The number of nitrogen functional groups attached to an aromatic ring is 1. The molecule has 0 spiro atoms. The molecule has 0 radical (unpaired) electrons. The number of carbonyl (C=O) groups excluding carboxylic acids is 4. The number of nitrogens with two attached hydrogens (primary N) is 1. The van der Waals surface area contributed by atoms with E-state index in [0.717, 1.165) is 35.0 Å². The number of hydrogen-bond donors (Lipinski definition) is 2. The van der Waals surface area contributed by atoms with Crippen molar-refractivity contribution in [3.8, 4) is 0 Å². The van der Waals surface area contributed by atoms with Gasteiger partial charge in [-0.2, -0.15) is 0 Å². The number of rotatable bonds is 11. The molecule has 4 heterocycles. The molecule has 15 heteroatoms. The zero-order valence-electron chi connectivity index (χ0n) is 25.3. The zero-order chi connectivity index (χ0) is 33.6. The Morgan fingerprint density at radius 2 is 1.79 bits per heavy atom. The van der Waals surface area contributed by atoms with E-state index in [1.807, 2.05) is 72.8 Å². The van der Waals surface area contributed by atoms with E-state index in [2.05, 4.69) is 20.4 Å². The van der Waals surface area contributed by atoms with E-state index in [1.54, 1.807) is 12.4 Å². The van der Waals surface area contributed by atoms with Crippen molar-refractivity contribution in [1.29, 1.82) is 0 Å². The monoisotopic (exact) mass is 700 g/mol. The maximum atomic E-state index is 14.2. The van der Waals surface area contributed by atoms with Crippen molar-refractivity contribution in [2.75, 3.05) is 11.5 Å². The van der Waals surface area contributed by atoms with Gasteiger partial charge < -0.3 is 20.6 Å². The average Bonchev–Trinajstić information content (AvgIpc) is 3.54. The highest BCUT2D eigenvalue weighted by Crippen LogP contribution is 2.45. The lowest BCUT2D eigenvalue weighted by Crippen LogP contribution is -2.71. The van der Waals surface area contributed by atoms with Crippen LogP contribution in [-0.2, 0) is 34.5 Å². The molecule has 1 saturated heterocycles. The Hall–Kier alpha value is -4.99. The third kappa shape index (κ3) is 7.27. The molecule has 2 aromatic carbocycles. The summed E-state index contributed by atoms with van der Waals surface area (Å²) >= 11 is 3.90. The number of esters is 1. The number of fused-ring (bicyclic) bond motifs is 1. The number of thioether (sulfide) groups is 2. The maximum Gasteiger partial charge on any atom is 0.356 e. The summed E-state index contributed by atoms with van der Waals surface area (Å²) in [6, 6.07) is 21.5. The van der Waals surface area contributed by atoms with Gasteiger partial charge in [0.2, 0.25) is 0 Å². The van der Waals surface area contributed by atoms with Gasteiger partial charge in [0, 0.05) is 41.1 Å². The normalized spacial score (nSPS) is 17.4. The maximum absolute atomic E-state index is 14.2. The van der Waals surface area contributed by atoms with Gasteiger partial charge in [-0.25, -0.2) is 14.6 Å². The summed E-state index contributed by atoms with van der Waals surface area (Å²) in [5, 5.41) is 7.39. The quantitative estimate of drug-likeness (QED) is 0.0755. The topological polar surface area (TPSA) is 166 Å². The lowest BCUT2D eigenvalue weighted by atomic mass is 10.0. The fourth-order valence-corrected chi connectivity index (χ4v) is 8.12. The van der Waals surface area contributed by atoms with E-state index in [-0.39, 0.29) is 22.2 Å². The molecule has 2 aromatic heterocycles. The van der Waals surface area contributed by atoms with Gasteiger partial charge in [0.05, 0.1) is 0 Å². The molecule has 48 heavy (non-hydrogen) atoms. The fourth-order valence-electron chi connectivity index (χ4n) is 5.01. The van der Waals surface area contributed by atoms with Crippen LogP contribution in [-0.4, -0.2) is 61.5 Å². The smallest absolute Gasteiger partial charge is 0.356 e. The SMILES string of the molecule is CC(=O)O/N=C(\C(=O)N[C@@H]1C(=O)N2C(C(=O)OC(c3ccccc3)c3ccccc3)=C(SCc3cccnc3)CS[C@H]12)c1csc(N)n1. The molecule has 2 aliphatic heterocycles. The number of thiazole rings is 1. The van der Waals surface area contributed by atoms with Crippen LogP contribution >= 0.6 is 34.9 Å². The number of pyridine rings is 1. The van der Waals surface area contributed by atoms with E-state index in [9.17, 15) is 19.2 Å². The van der Waals surface area contributed by atoms with Crippen LogP contribution in [0.4, 0.5) is 5.13 Å². The Morgan fingerprint density at radius 3 is 2.40 bits per heavy atom. The third-order valence-electron chi connectivity index (χ3n) is 7.22. The van der Waals surface area contributed by atoms with Crippen LogP contribution in [0.15, 0.2) is 106 Å². The second-order valence-electron chi connectivity index (χ2n) is 10.5. The van der Waals surface area contributed by atoms with E-state index < -0.39 is 41.3 Å². The molecule has 2 atom stereocenters. The Morgan fingerprint density at radius 1 is 1.08 bits per heavy atom. The highest BCUT2D eigenvalue weighted by Gasteiger charge is 2.55. The number of carbonyl (C=O) groups is 4. The molecular formula is C33H28N6O6S3. The molecule has 2 amide bonds. The molecule has 4 aromatic rings. The first-order valence-corrected chi connectivity index (χ1v) is 17.5. The summed E-state index contributed by atoms with van der Waals surface area (Å²) in [5.74, 6) is -1.81. The summed E-state index contributed by atoms with van der Waals surface area (Å²) < 4.78 is 6.21. The molecule has 0 aliphatic carbocycles. The van der Waals surface area contributed by atoms with Crippen LogP contribution in [0, 0.1) is 0 Å². The minimum atomic E-state index is -1.01. The number of benzene rings is 2. The molecule has 6 rings (SSSR count). The van der Waals surface area contributed by atoms with Gasteiger partial charge in [-0.3, -0.25) is 19.5 Å². The second-order valence-corrected chi connectivity index (χ2v) is 13.5. The number of ether oxygens (including phenoxy) is 1. The summed E-state index contributed by atoms with van der Waals surface area (Å²) in [4.78, 5) is 67.8. The van der Waals surface area contributed by atoms with Crippen LogP contribution in [0.3, 0.4) is 0 Å². The Labute approximate surface area is 287 Å². The number of nitrogens with one attached hydrogen (secondary N) is 1. The molecule has 2 aliphatic rings. The van der Waals surface area contributed by atoms with Gasteiger partial charge >= 0.3 is 11.9 Å². The standard InChI is InChI=1S/C33H28N6O6S3/c1-19(40)45-38-25(23-17-48-33(34)36-23)29(41)37-26-30(42)39-27(24(18-47-31(26)39)46-16-20-9-8-14-35-15-20)32(43)44-28(21-10-4-2-5-11-21)22-12-6-3-7-13-22/h2-15,17,26,28,31H,16,18H2,1H3,(H2,34,36)(H,37,41)/b38-25-/t26-,31-/m1/s1. The van der Waals surface area contributed by atoms with Crippen LogP contribution in [0.5, 0.6) is 0 Å². The number of hydrogen-bond acceptors (Lipinski definition) is 13. The van der Waals surface area contributed by atoms with Crippen LogP contribution in [0.2, 0.25) is 0 Å². The van der Waals surface area contributed by atoms with Gasteiger partial charge in [-0.1, -0.05) is 71.9 Å². The van der Waals surface area contributed by atoms with E-state index in [1.165, 1.54) is 33.8 Å². The molecule has 0 bridgehead atoms. The van der Waals surface area contributed by atoms with Crippen LogP contribution < -0.4 is 11.1 Å². The highest BCUT2D eigenvalue weighted by atomic mass is 32.2. The molecule has 0 saturated carbocycles. The number of β-lactam (4-membered cyclic amide) rings is 1. The summed E-state index contributed by atoms with van der Waals surface area (Å²) in [5.41, 5.74) is 8.12. The Balaban J connectivity index is 1.28. The molecule has 0 unspecified atom stereocenters. The van der Waals surface area contributed by atoms with Crippen molar-refractivity contribution >= 4 is 69.5 Å². The number of amides is 2. The van der Waals surface area contributed by atoms with E-state index in [0.29, 0.717) is 16.4 Å². The van der Waals surface area contributed by atoms with Gasteiger partial charge in [0.15, 0.2) is 16.9 Å². The molecule has 244 valence electrons. The first-order valence-electron chi connectivity index (χ1n) is 14.6. The number of anilines is 1. The first kappa shape index (κ1) is 32.9. The zero-order valence-corrected chi connectivity index (χ0v) is 27.8. The number of aromatic nitrogens is 2. The molecule has 3 N–H and O–H groups in total. The molecule has 12 nitrogen and oxygen atoms in total. The average molecular weight is 701 g/mol. The van der Waals surface area contributed by atoms with Crippen molar-refractivity contribution in [2.24, 2.45) is 5.16 Å². The molecule has 1 fully saturated rings. The van der Waals surface area contributed by atoms with Gasteiger partial charge in [0.1, 0.15) is 22.8 Å². The summed E-state index contributed by atoms with van der Waals surface area (Å²) in [6.07, 6.45) is 2.70. The van der Waals surface area contributed by atoms with E-state index in [4.69, 9.17) is 15.3 Å². The van der Waals surface area contributed by atoms with Crippen molar-refractivity contribution in [3.05, 3.63) is 124 Å².